The minimum Gasteiger partial charge on any atom is -0.255 e. The van der Waals surface area contributed by atoms with Crippen molar-refractivity contribution in [1.82, 2.24) is 4.98 Å². The molecule has 3 nitrogen and oxygen atoms in total. The Balaban J connectivity index is 2.28. The molecule has 2 aromatic carbocycles. The molecule has 1 aromatic heterocycles. The van der Waals surface area contributed by atoms with Gasteiger partial charge in [0.1, 0.15) is 10.7 Å². The van der Waals surface area contributed by atoms with Gasteiger partial charge in [-0.15, -0.1) is 0 Å². The number of nitrogens with zero attached hydrogens (tertiary/aromatic N) is 1. The van der Waals surface area contributed by atoms with Crippen LogP contribution in [0.15, 0.2) is 46.3 Å². The summed E-state index contributed by atoms with van der Waals surface area (Å²) in [4.78, 5) is 3.58. The molecule has 0 radical (unpaired) electrons. The van der Waals surface area contributed by atoms with E-state index in [1.807, 2.05) is 0 Å². The largest absolute Gasteiger partial charge is 0.255 e. The Labute approximate surface area is 156 Å². The molecule has 0 atom stereocenters. The van der Waals surface area contributed by atoms with E-state index in [4.69, 9.17) is 46.4 Å². The molecule has 0 bridgehead atoms. The van der Waals surface area contributed by atoms with E-state index in [0.29, 0.717) is 0 Å². The van der Waals surface area contributed by atoms with Crippen LogP contribution in [0.25, 0.3) is 10.9 Å². The number of pyridine rings is 1. The number of halogens is 5. The Bertz CT molecular complexity index is 1070. The minimum absolute atomic E-state index is 0.132. The van der Waals surface area contributed by atoms with Gasteiger partial charge in [-0.25, -0.2) is 12.8 Å². The van der Waals surface area contributed by atoms with Crippen LogP contribution >= 0.6 is 46.4 Å². The molecule has 0 amide bonds. The van der Waals surface area contributed by atoms with Gasteiger partial charge >= 0.3 is 0 Å². The average Bonchev–Trinajstić information content (AvgIpc) is 2.48. The molecular formula is C15H6Cl4FNO2S. The van der Waals surface area contributed by atoms with E-state index >= 15 is 0 Å². The lowest BCUT2D eigenvalue weighted by atomic mass is 10.2. The first-order valence-electron chi connectivity index (χ1n) is 6.34. The smallest absolute Gasteiger partial charge is 0.209 e. The van der Waals surface area contributed by atoms with Gasteiger partial charge in [-0.1, -0.05) is 46.4 Å². The van der Waals surface area contributed by atoms with E-state index in [0.717, 1.165) is 12.3 Å². The zero-order valence-electron chi connectivity index (χ0n) is 11.5. The molecule has 3 rings (SSSR count). The fraction of sp³-hybridized carbons (Fsp3) is 0. The van der Waals surface area contributed by atoms with E-state index in [1.165, 1.54) is 24.3 Å². The summed E-state index contributed by atoms with van der Waals surface area (Å²) in [5, 5.41) is 0.148. The molecule has 9 heteroatoms. The van der Waals surface area contributed by atoms with Gasteiger partial charge in [0.05, 0.1) is 20.5 Å². The van der Waals surface area contributed by atoms with E-state index in [9.17, 15) is 12.8 Å². The molecule has 1 heterocycles. The number of aromatic nitrogens is 1. The molecule has 24 heavy (non-hydrogen) atoms. The van der Waals surface area contributed by atoms with Crippen molar-refractivity contribution in [2.24, 2.45) is 0 Å². The maximum Gasteiger partial charge on any atom is 0.209 e. The summed E-state index contributed by atoms with van der Waals surface area (Å²) in [5.41, 5.74) is 0.273. The van der Waals surface area contributed by atoms with Crippen molar-refractivity contribution in [3.8, 4) is 0 Å². The van der Waals surface area contributed by atoms with E-state index in [1.54, 1.807) is 0 Å². The second kappa shape index (κ2) is 6.32. The normalized spacial score (nSPS) is 11.9. The first kappa shape index (κ1) is 17.7. The van der Waals surface area contributed by atoms with Gasteiger partial charge < -0.3 is 0 Å². The molecule has 0 N–H and O–H groups in total. The van der Waals surface area contributed by atoms with Gasteiger partial charge in [-0.3, -0.25) is 4.98 Å². The van der Waals surface area contributed by atoms with Gasteiger partial charge in [0, 0.05) is 21.6 Å². The summed E-state index contributed by atoms with van der Waals surface area (Å²) >= 11 is 23.6. The second-order valence-electron chi connectivity index (χ2n) is 4.83. The van der Waals surface area contributed by atoms with Gasteiger partial charge in [0.15, 0.2) is 0 Å². The second-order valence-corrected chi connectivity index (χ2v) is 8.40. The van der Waals surface area contributed by atoms with Crippen molar-refractivity contribution in [1.29, 1.82) is 0 Å². The zero-order chi connectivity index (χ0) is 17.6. The van der Waals surface area contributed by atoms with Crippen molar-refractivity contribution in [2.75, 3.05) is 0 Å². The van der Waals surface area contributed by atoms with Crippen LogP contribution < -0.4 is 0 Å². The highest BCUT2D eigenvalue weighted by molar-refractivity contribution is 7.91. The summed E-state index contributed by atoms with van der Waals surface area (Å²) in [7, 11) is -4.05. The number of sulfone groups is 1. The Morgan fingerprint density at radius 1 is 0.917 bits per heavy atom. The fourth-order valence-electron chi connectivity index (χ4n) is 2.13. The quantitative estimate of drug-likeness (QED) is 0.520. The van der Waals surface area contributed by atoms with Crippen LogP contribution in [-0.2, 0) is 9.84 Å². The summed E-state index contributed by atoms with van der Waals surface area (Å²) in [6.07, 6.45) is 1.09. The predicted octanol–water partition coefficient (Wildman–Crippen LogP) is 5.82. The average molecular weight is 425 g/mol. The first-order valence-corrected chi connectivity index (χ1v) is 9.34. The minimum atomic E-state index is -4.05. The Kier molecular flexibility index (Phi) is 4.66. The Morgan fingerprint density at radius 3 is 2.17 bits per heavy atom. The lowest BCUT2D eigenvalue weighted by molar-refractivity contribution is 0.596. The lowest BCUT2D eigenvalue weighted by Gasteiger charge is -2.10. The number of hydrogen-bond donors (Lipinski definition) is 0. The summed E-state index contributed by atoms with van der Waals surface area (Å²) in [6, 6.07) is 6.19. The van der Waals surface area contributed by atoms with Gasteiger partial charge in [-0.05, 0) is 30.3 Å². The van der Waals surface area contributed by atoms with Gasteiger partial charge in [-0.2, -0.15) is 0 Å². The molecule has 124 valence electrons. The van der Waals surface area contributed by atoms with Crippen molar-refractivity contribution >= 4 is 67.1 Å². The summed E-state index contributed by atoms with van der Waals surface area (Å²) in [6.45, 7) is 0. The molecule has 0 unspecified atom stereocenters. The third kappa shape index (κ3) is 3.07. The number of fused-ring (bicyclic) bond motifs is 1. The number of hydrogen-bond acceptors (Lipinski definition) is 3. The van der Waals surface area contributed by atoms with Crippen LogP contribution in [0.5, 0.6) is 0 Å². The van der Waals surface area contributed by atoms with Gasteiger partial charge in [0.2, 0.25) is 9.84 Å². The van der Waals surface area contributed by atoms with E-state index in [-0.39, 0.29) is 40.8 Å². The summed E-state index contributed by atoms with van der Waals surface area (Å²) < 4.78 is 39.3. The first-order chi connectivity index (χ1) is 11.2. The topological polar surface area (TPSA) is 47.0 Å². The van der Waals surface area contributed by atoms with Crippen LogP contribution in [0.4, 0.5) is 4.39 Å². The highest BCUT2D eigenvalue weighted by Gasteiger charge is 2.24. The molecule has 0 spiro atoms. The lowest BCUT2D eigenvalue weighted by Crippen LogP contribution is -2.04. The molecule has 0 saturated heterocycles. The highest BCUT2D eigenvalue weighted by atomic mass is 35.5. The maximum atomic E-state index is 13.7. The number of benzene rings is 2. The maximum absolute atomic E-state index is 13.7. The molecule has 3 aromatic rings. The van der Waals surface area contributed by atoms with E-state index < -0.39 is 15.7 Å². The van der Waals surface area contributed by atoms with Crippen LogP contribution in [0.2, 0.25) is 20.1 Å². The van der Waals surface area contributed by atoms with Crippen LogP contribution in [-0.4, -0.2) is 13.4 Å². The Hall–Kier alpha value is -1.11. The third-order valence-electron chi connectivity index (χ3n) is 3.25. The van der Waals surface area contributed by atoms with Crippen LogP contribution in [0.1, 0.15) is 0 Å². The zero-order valence-corrected chi connectivity index (χ0v) is 15.4. The standard InChI is InChI=1S/C15H6Cl4FNO2S/c16-7-1-8(17)3-9(2-7)24(22,23)14-6-21-13-5-11(18)12(20)4-10(13)15(14)19/h1-6H. The SMILES string of the molecule is O=S(=O)(c1cc(Cl)cc(Cl)c1)c1cnc2cc(Cl)c(F)cc2c1Cl. The monoisotopic (exact) mass is 423 g/mol. The summed E-state index contributed by atoms with van der Waals surface area (Å²) in [5.74, 6) is -0.729. The molecule has 0 fully saturated rings. The van der Waals surface area contributed by atoms with Crippen molar-refractivity contribution in [2.45, 2.75) is 9.79 Å². The van der Waals surface area contributed by atoms with Gasteiger partial charge in [0.25, 0.3) is 0 Å². The van der Waals surface area contributed by atoms with Crippen LogP contribution in [0.3, 0.4) is 0 Å². The molecule has 0 aliphatic rings. The van der Waals surface area contributed by atoms with Crippen molar-refractivity contribution < 1.29 is 12.8 Å². The highest BCUT2D eigenvalue weighted by Crippen LogP contribution is 2.35. The predicted molar refractivity (Wildman–Crippen MR) is 93.6 cm³/mol. The van der Waals surface area contributed by atoms with E-state index in [2.05, 4.69) is 4.98 Å². The molecule has 0 aliphatic heterocycles. The molecular weight excluding hydrogens is 419 g/mol. The molecule has 0 aliphatic carbocycles. The Morgan fingerprint density at radius 2 is 1.54 bits per heavy atom. The van der Waals surface area contributed by atoms with Crippen molar-refractivity contribution in [3.05, 3.63) is 62.4 Å². The van der Waals surface area contributed by atoms with Crippen LogP contribution in [0, 0.1) is 5.82 Å². The number of rotatable bonds is 2. The fourth-order valence-corrected chi connectivity index (χ4v) is 4.81. The third-order valence-corrected chi connectivity index (χ3v) is 6.24. The van der Waals surface area contributed by atoms with Crippen molar-refractivity contribution in [3.63, 3.8) is 0 Å². The molecule has 0 saturated carbocycles.